The Bertz CT molecular complexity index is 535. The topological polar surface area (TPSA) is 61.4 Å². The van der Waals surface area contributed by atoms with Crippen molar-refractivity contribution < 1.29 is 4.79 Å². The Morgan fingerprint density at radius 2 is 2.18 bits per heavy atom. The van der Waals surface area contributed by atoms with Crippen LogP contribution in [0.25, 0.3) is 0 Å². The highest BCUT2D eigenvalue weighted by Gasteiger charge is 2.23. The molecule has 2 aliphatic rings. The molecule has 2 fully saturated rings. The summed E-state index contributed by atoms with van der Waals surface area (Å²) in [7, 11) is 1.84. The summed E-state index contributed by atoms with van der Waals surface area (Å²) < 4.78 is 0. The molecule has 1 N–H and O–H groups in total. The Balaban J connectivity index is 1.59. The van der Waals surface area contributed by atoms with Gasteiger partial charge in [0.2, 0.25) is 5.91 Å². The number of carbonyl (C=O) groups excluding carboxylic acids is 1. The number of hydrogen-bond acceptors (Lipinski definition) is 5. The van der Waals surface area contributed by atoms with Gasteiger partial charge in [0.15, 0.2) is 0 Å². The average Bonchev–Trinajstić information content (AvgIpc) is 2.94. The zero-order chi connectivity index (χ0) is 15.5. The smallest absolute Gasteiger partial charge is 0.241 e. The van der Waals surface area contributed by atoms with Gasteiger partial charge in [-0.05, 0) is 24.7 Å². The highest BCUT2D eigenvalue weighted by molar-refractivity contribution is 5.82. The summed E-state index contributed by atoms with van der Waals surface area (Å²) in [5, 5.41) is 3.43. The Labute approximate surface area is 131 Å². The van der Waals surface area contributed by atoms with Crippen LogP contribution in [0.15, 0.2) is 12.4 Å². The minimum atomic E-state index is 0.138. The number of hydrogen-bond donors (Lipinski definition) is 1. The molecule has 2 heterocycles. The van der Waals surface area contributed by atoms with E-state index in [4.69, 9.17) is 0 Å². The summed E-state index contributed by atoms with van der Waals surface area (Å²) in [5.41, 5.74) is 0. The van der Waals surface area contributed by atoms with Gasteiger partial charge in [-0.2, -0.15) is 0 Å². The minimum Gasteiger partial charge on any atom is -0.370 e. The molecule has 3 rings (SSSR count). The fraction of sp³-hybridized carbons (Fsp3) is 0.688. The first kappa shape index (κ1) is 15.1. The lowest BCUT2D eigenvalue weighted by atomic mass is 10.1. The molecule has 0 spiro atoms. The normalized spacial score (nSPS) is 25.6. The molecule has 0 bridgehead atoms. The van der Waals surface area contributed by atoms with Crippen molar-refractivity contribution >= 4 is 17.5 Å². The lowest BCUT2D eigenvalue weighted by Gasteiger charge is -2.32. The number of nitrogens with one attached hydrogen (secondary N) is 1. The Morgan fingerprint density at radius 1 is 1.32 bits per heavy atom. The SMILES string of the molecule is CC1CCC(CNc2cc(N3CCN(C)C(=O)C3)ncn2)C1. The van der Waals surface area contributed by atoms with Gasteiger partial charge >= 0.3 is 0 Å². The molecular weight excluding hydrogens is 278 g/mol. The van der Waals surface area contributed by atoms with Gasteiger partial charge in [-0.25, -0.2) is 9.97 Å². The van der Waals surface area contributed by atoms with Crippen LogP contribution in [0.5, 0.6) is 0 Å². The van der Waals surface area contributed by atoms with E-state index >= 15 is 0 Å². The summed E-state index contributed by atoms with van der Waals surface area (Å²) >= 11 is 0. The molecule has 120 valence electrons. The van der Waals surface area contributed by atoms with Gasteiger partial charge in [0.05, 0.1) is 6.54 Å². The predicted molar refractivity (Wildman–Crippen MR) is 86.9 cm³/mol. The molecule has 22 heavy (non-hydrogen) atoms. The van der Waals surface area contributed by atoms with E-state index < -0.39 is 0 Å². The van der Waals surface area contributed by atoms with E-state index in [1.165, 1.54) is 19.3 Å². The summed E-state index contributed by atoms with van der Waals surface area (Å²) in [6.07, 6.45) is 5.53. The van der Waals surface area contributed by atoms with E-state index in [2.05, 4.69) is 22.2 Å². The lowest BCUT2D eigenvalue weighted by molar-refractivity contribution is -0.129. The van der Waals surface area contributed by atoms with E-state index in [1.54, 1.807) is 11.2 Å². The molecule has 6 heteroatoms. The Kier molecular flexibility index (Phi) is 4.45. The standard InChI is InChI=1S/C16H25N5O/c1-12-3-4-13(7-12)9-17-14-8-15(19-11-18-14)21-6-5-20(2)16(22)10-21/h8,11-13H,3-7,9-10H2,1-2H3,(H,17,18,19). The Hall–Kier alpha value is -1.85. The van der Waals surface area contributed by atoms with Crippen LogP contribution in [-0.2, 0) is 4.79 Å². The second-order valence-corrected chi connectivity index (χ2v) is 6.66. The number of rotatable bonds is 4. The summed E-state index contributed by atoms with van der Waals surface area (Å²) in [4.78, 5) is 24.2. The van der Waals surface area contributed by atoms with Crippen molar-refractivity contribution in [2.45, 2.75) is 26.2 Å². The lowest BCUT2D eigenvalue weighted by Crippen LogP contribution is -2.48. The molecule has 1 aromatic heterocycles. The number of piperazine rings is 1. The summed E-state index contributed by atoms with van der Waals surface area (Å²) in [6.45, 7) is 5.26. The first-order valence-corrected chi connectivity index (χ1v) is 8.16. The molecule has 2 unspecified atom stereocenters. The Morgan fingerprint density at radius 3 is 2.91 bits per heavy atom. The van der Waals surface area contributed by atoms with Crippen LogP contribution in [0.2, 0.25) is 0 Å². The van der Waals surface area contributed by atoms with Gasteiger partial charge < -0.3 is 15.1 Å². The second-order valence-electron chi connectivity index (χ2n) is 6.66. The molecular formula is C16H25N5O. The van der Waals surface area contributed by atoms with Gasteiger partial charge in [0.1, 0.15) is 18.0 Å². The number of aromatic nitrogens is 2. The van der Waals surface area contributed by atoms with Crippen LogP contribution in [0.4, 0.5) is 11.6 Å². The highest BCUT2D eigenvalue weighted by Crippen LogP contribution is 2.30. The van der Waals surface area contributed by atoms with Gasteiger partial charge in [-0.1, -0.05) is 13.3 Å². The summed E-state index contributed by atoms with van der Waals surface area (Å²) in [6, 6.07) is 1.96. The third kappa shape index (κ3) is 3.48. The van der Waals surface area contributed by atoms with Gasteiger partial charge in [-0.3, -0.25) is 4.79 Å². The number of nitrogens with zero attached hydrogens (tertiary/aromatic N) is 4. The zero-order valence-electron chi connectivity index (χ0n) is 13.5. The third-order valence-corrected chi connectivity index (χ3v) is 4.81. The van der Waals surface area contributed by atoms with Crippen molar-refractivity contribution in [1.82, 2.24) is 14.9 Å². The number of amides is 1. The van der Waals surface area contributed by atoms with Crippen molar-refractivity contribution in [3.63, 3.8) is 0 Å². The van der Waals surface area contributed by atoms with Crippen molar-refractivity contribution in [2.75, 3.05) is 43.4 Å². The molecule has 1 aliphatic heterocycles. The molecule has 1 aliphatic carbocycles. The minimum absolute atomic E-state index is 0.138. The van der Waals surface area contributed by atoms with E-state index in [1.807, 2.05) is 18.0 Å². The van der Waals surface area contributed by atoms with Crippen molar-refractivity contribution in [3.8, 4) is 0 Å². The number of likely N-dealkylation sites (N-methyl/N-ethyl adjacent to an activating group) is 1. The largest absolute Gasteiger partial charge is 0.370 e. The molecule has 0 radical (unpaired) electrons. The predicted octanol–water partition coefficient (Wildman–Crippen LogP) is 1.60. The van der Waals surface area contributed by atoms with E-state index in [-0.39, 0.29) is 5.91 Å². The second kappa shape index (κ2) is 6.50. The summed E-state index contributed by atoms with van der Waals surface area (Å²) in [5.74, 6) is 3.43. The third-order valence-electron chi connectivity index (χ3n) is 4.81. The molecule has 1 aromatic rings. The molecule has 2 atom stereocenters. The van der Waals surface area contributed by atoms with Crippen LogP contribution in [0, 0.1) is 11.8 Å². The molecule has 0 aromatic carbocycles. The maximum atomic E-state index is 11.8. The maximum absolute atomic E-state index is 11.8. The number of anilines is 2. The molecule has 1 amide bonds. The van der Waals surface area contributed by atoms with Crippen LogP contribution in [0.1, 0.15) is 26.2 Å². The van der Waals surface area contributed by atoms with Gasteiger partial charge in [0, 0.05) is 32.7 Å². The monoisotopic (exact) mass is 303 g/mol. The van der Waals surface area contributed by atoms with Crippen molar-refractivity contribution in [2.24, 2.45) is 11.8 Å². The number of carbonyl (C=O) groups is 1. The molecule has 1 saturated carbocycles. The first-order valence-electron chi connectivity index (χ1n) is 8.16. The molecule has 6 nitrogen and oxygen atoms in total. The average molecular weight is 303 g/mol. The van der Waals surface area contributed by atoms with Crippen LogP contribution in [0.3, 0.4) is 0 Å². The zero-order valence-corrected chi connectivity index (χ0v) is 13.5. The fourth-order valence-corrected chi connectivity index (χ4v) is 3.33. The van der Waals surface area contributed by atoms with E-state index in [0.29, 0.717) is 6.54 Å². The fourth-order valence-electron chi connectivity index (χ4n) is 3.33. The van der Waals surface area contributed by atoms with Crippen LogP contribution < -0.4 is 10.2 Å². The van der Waals surface area contributed by atoms with Crippen molar-refractivity contribution in [1.29, 1.82) is 0 Å². The van der Waals surface area contributed by atoms with Crippen molar-refractivity contribution in [3.05, 3.63) is 12.4 Å². The van der Waals surface area contributed by atoms with E-state index in [9.17, 15) is 4.79 Å². The quantitative estimate of drug-likeness (QED) is 0.915. The maximum Gasteiger partial charge on any atom is 0.241 e. The highest BCUT2D eigenvalue weighted by atomic mass is 16.2. The van der Waals surface area contributed by atoms with E-state index in [0.717, 1.165) is 43.1 Å². The molecule has 1 saturated heterocycles. The van der Waals surface area contributed by atoms with Crippen LogP contribution in [-0.4, -0.2) is 54.0 Å². The van der Waals surface area contributed by atoms with Crippen LogP contribution >= 0.6 is 0 Å². The van der Waals surface area contributed by atoms with Gasteiger partial charge in [-0.15, -0.1) is 0 Å². The van der Waals surface area contributed by atoms with Gasteiger partial charge in [0.25, 0.3) is 0 Å². The first-order chi connectivity index (χ1) is 10.6.